The Labute approximate surface area is 153 Å². The summed E-state index contributed by atoms with van der Waals surface area (Å²) < 4.78 is 23.6. The van der Waals surface area contributed by atoms with E-state index in [0.717, 1.165) is 11.1 Å². The zero-order valence-corrected chi connectivity index (χ0v) is 15.5. The summed E-state index contributed by atoms with van der Waals surface area (Å²) in [5.41, 5.74) is 1.60. The third kappa shape index (κ3) is 5.09. The van der Waals surface area contributed by atoms with Crippen molar-refractivity contribution in [3.63, 3.8) is 0 Å². The summed E-state index contributed by atoms with van der Waals surface area (Å²) in [4.78, 5) is 12.4. The maximum Gasteiger partial charge on any atom is 0.244 e. The van der Waals surface area contributed by atoms with Gasteiger partial charge < -0.3 is 14.8 Å². The Kier molecular flexibility index (Phi) is 6.78. The molecule has 0 spiro atoms. The van der Waals surface area contributed by atoms with Gasteiger partial charge in [-0.25, -0.2) is 4.39 Å². The summed E-state index contributed by atoms with van der Waals surface area (Å²) in [7, 11) is 3.15. The Morgan fingerprint density at radius 2 is 1.77 bits per heavy atom. The molecule has 0 fully saturated rings. The van der Waals surface area contributed by atoms with Crippen LogP contribution < -0.4 is 14.8 Å². The summed E-state index contributed by atoms with van der Waals surface area (Å²) >= 11 is 0. The van der Waals surface area contributed by atoms with Crippen LogP contribution in [0.5, 0.6) is 11.5 Å². The van der Waals surface area contributed by atoms with E-state index in [0.29, 0.717) is 11.5 Å². The summed E-state index contributed by atoms with van der Waals surface area (Å²) in [6, 6.07) is 11.3. The third-order valence-corrected chi connectivity index (χ3v) is 4.04. The average molecular weight is 357 g/mol. The lowest BCUT2D eigenvalue weighted by atomic mass is 9.96. The van der Waals surface area contributed by atoms with E-state index in [1.165, 1.54) is 18.2 Å². The van der Waals surface area contributed by atoms with Crippen LogP contribution in [0.15, 0.2) is 48.5 Å². The summed E-state index contributed by atoms with van der Waals surface area (Å²) in [5, 5.41) is 2.97. The highest BCUT2D eigenvalue weighted by molar-refractivity contribution is 5.92. The predicted molar refractivity (Wildman–Crippen MR) is 101 cm³/mol. The van der Waals surface area contributed by atoms with Crippen LogP contribution in [-0.2, 0) is 4.79 Å². The fourth-order valence-electron chi connectivity index (χ4n) is 2.64. The van der Waals surface area contributed by atoms with Crippen LogP contribution >= 0.6 is 0 Å². The molecule has 0 aliphatic rings. The fraction of sp³-hybridized carbons (Fsp3) is 0.286. The molecule has 2 aromatic rings. The van der Waals surface area contributed by atoms with Crippen molar-refractivity contribution >= 4 is 12.0 Å². The quantitative estimate of drug-likeness (QED) is 0.749. The normalized spacial score (nSPS) is 12.2. The molecule has 0 aliphatic carbocycles. The van der Waals surface area contributed by atoms with Crippen molar-refractivity contribution in [1.29, 1.82) is 0 Å². The maximum atomic E-state index is 13.1. The lowest BCUT2D eigenvalue weighted by Gasteiger charge is -2.22. The summed E-state index contributed by atoms with van der Waals surface area (Å²) in [6.07, 6.45) is 3.13. The van der Waals surface area contributed by atoms with E-state index >= 15 is 0 Å². The molecular formula is C21H24FNO3. The van der Waals surface area contributed by atoms with E-state index in [2.05, 4.69) is 5.32 Å². The number of carbonyl (C=O) groups is 1. The van der Waals surface area contributed by atoms with Gasteiger partial charge in [-0.05, 0) is 47.9 Å². The van der Waals surface area contributed by atoms with E-state index < -0.39 is 0 Å². The molecule has 0 saturated heterocycles. The van der Waals surface area contributed by atoms with E-state index in [1.54, 1.807) is 50.6 Å². The molecule has 138 valence electrons. The number of hydrogen-bond donors (Lipinski definition) is 1. The van der Waals surface area contributed by atoms with Crippen molar-refractivity contribution in [2.24, 2.45) is 5.92 Å². The minimum absolute atomic E-state index is 0.157. The molecule has 0 aromatic heterocycles. The van der Waals surface area contributed by atoms with Crippen LogP contribution in [0.25, 0.3) is 6.08 Å². The highest BCUT2D eigenvalue weighted by atomic mass is 19.1. The predicted octanol–water partition coefficient (Wildman–Crippen LogP) is 4.37. The van der Waals surface area contributed by atoms with Crippen LogP contribution in [0.2, 0.25) is 0 Å². The van der Waals surface area contributed by atoms with Crippen molar-refractivity contribution in [2.45, 2.75) is 19.9 Å². The van der Waals surface area contributed by atoms with Gasteiger partial charge in [-0.2, -0.15) is 0 Å². The number of benzene rings is 2. The van der Waals surface area contributed by atoms with Crippen LogP contribution in [0.1, 0.15) is 31.0 Å². The van der Waals surface area contributed by atoms with Crippen molar-refractivity contribution in [2.75, 3.05) is 14.2 Å². The molecule has 5 heteroatoms. The first-order valence-corrected chi connectivity index (χ1v) is 8.40. The van der Waals surface area contributed by atoms with Gasteiger partial charge in [-0.15, -0.1) is 0 Å². The van der Waals surface area contributed by atoms with E-state index in [9.17, 15) is 9.18 Å². The fourth-order valence-corrected chi connectivity index (χ4v) is 2.64. The number of hydrogen-bond acceptors (Lipinski definition) is 3. The highest BCUT2D eigenvalue weighted by Gasteiger charge is 2.17. The summed E-state index contributed by atoms with van der Waals surface area (Å²) in [6.45, 7) is 4.01. The van der Waals surface area contributed by atoms with Gasteiger partial charge in [0.05, 0.1) is 20.3 Å². The lowest BCUT2D eigenvalue weighted by Crippen LogP contribution is -2.30. The van der Waals surface area contributed by atoms with Gasteiger partial charge >= 0.3 is 0 Å². The minimum Gasteiger partial charge on any atom is -0.497 e. The van der Waals surface area contributed by atoms with Crippen molar-refractivity contribution in [1.82, 2.24) is 5.32 Å². The van der Waals surface area contributed by atoms with Crippen LogP contribution in [-0.4, -0.2) is 20.1 Å². The van der Waals surface area contributed by atoms with Crippen LogP contribution in [0.4, 0.5) is 4.39 Å². The molecule has 26 heavy (non-hydrogen) atoms. The van der Waals surface area contributed by atoms with Gasteiger partial charge in [0.25, 0.3) is 0 Å². The van der Waals surface area contributed by atoms with Crippen molar-refractivity contribution in [3.05, 3.63) is 65.5 Å². The molecule has 0 unspecified atom stereocenters. The standard InChI is InChI=1S/C21H24FNO3/c1-14(2)21(15-5-8-17(22)9-6-15)23-20(24)12-7-16-13-18(25-3)10-11-19(16)26-4/h5-14,21H,1-4H3,(H,23,24)/b12-7+/t21-/m0/s1. The highest BCUT2D eigenvalue weighted by Crippen LogP contribution is 2.25. The molecule has 2 rings (SSSR count). The number of rotatable bonds is 7. The average Bonchev–Trinajstić information content (AvgIpc) is 2.64. The topological polar surface area (TPSA) is 47.6 Å². The molecular weight excluding hydrogens is 333 g/mol. The molecule has 0 bridgehead atoms. The Bertz CT molecular complexity index is 769. The van der Waals surface area contributed by atoms with Crippen LogP contribution in [0.3, 0.4) is 0 Å². The number of methoxy groups -OCH3 is 2. The van der Waals surface area contributed by atoms with Gasteiger partial charge in [0.1, 0.15) is 17.3 Å². The molecule has 1 atom stereocenters. The number of carbonyl (C=O) groups excluding carboxylic acids is 1. The Hall–Kier alpha value is -2.82. The molecule has 0 heterocycles. The second-order valence-corrected chi connectivity index (χ2v) is 6.22. The Morgan fingerprint density at radius 1 is 1.08 bits per heavy atom. The number of amides is 1. The van der Waals surface area contributed by atoms with Gasteiger partial charge in [0, 0.05) is 11.6 Å². The van der Waals surface area contributed by atoms with E-state index in [1.807, 2.05) is 13.8 Å². The molecule has 0 aliphatic heterocycles. The van der Waals surface area contributed by atoms with Gasteiger partial charge in [-0.1, -0.05) is 26.0 Å². The summed E-state index contributed by atoms with van der Waals surface area (Å²) in [5.74, 6) is 0.945. The SMILES string of the molecule is COc1ccc(OC)c(/C=C/C(=O)N[C@H](c2ccc(F)cc2)C(C)C)c1. The molecule has 4 nitrogen and oxygen atoms in total. The number of halogens is 1. The largest absolute Gasteiger partial charge is 0.497 e. The van der Waals surface area contributed by atoms with Gasteiger partial charge in [-0.3, -0.25) is 4.79 Å². The molecule has 1 N–H and O–H groups in total. The Balaban J connectivity index is 2.15. The molecule has 2 aromatic carbocycles. The lowest BCUT2D eigenvalue weighted by molar-refractivity contribution is -0.117. The first-order chi connectivity index (χ1) is 12.4. The number of ether oxygens (including phenoxy) is 2. The van der Waals surface area contributed by atoms with E-state index in [-0.39, 0.29) is 23.7 Å². The zero-order valence-electron chi connectivity index (χ0n) is 15.5. The molecule has 0 radical (unpaired) electrons. The smallest absolute Gasteiger partial charge is 0.244 e. The first kappa shape index (κ1) is 19.5. The monoisotopic (exact) mass is 357 g/mol. The zero-order chi connectivity index (χ0) is 19.1. The minimum atomic E-state index is -0.299. The van der Waals surface area contributed by atoms with E-state index in [4.69, 9.17) is 9.47 Å². The second kappa shape index (κ2) is 9.04. The van der Waals surface area contributed by atoms with Crippen LogP contribution in [0, 0.1) is 11.7 Å². The number of nitrogens with one attached hydrogen (secondary N) is 1. The maximum absolute atomic E-state index is 13.1. The molecule has 1 amide bonds. The van der Waals surface area contributed by atoms with Gasteiger partial charge in [0.15, 0.2) is 0 Å². The van der Waals surface area contributed by atoms with Gasteiger partial charge in [0.2, 0.25) is 5.91 Å². The second-order valence-electron chi connectivity index (χ2n) is 6.22. The third-order valence-electron chi connectivity index (χ3n) is 4.04. The first-order valence-electron chi connectivity index (χ1n) is 8.40. The van der Waals surface area contributed by atoms with Crippen molar-refractivity contribution in [3.8, 4) is 11.5 Å². The Morgan fingerprint density at radius 3 is 2.35 bits per heavy atom. The molecule has 0 saturated carbocycles. The van der Waals surface area contributed by atoms with Crippen molar-refractivity contribution < 1.29 is 18.7 Å².